The fourth-order valence-electron chi connectivity index (χ4n) is 3.73. The average molecular weight is 500 g/mol. The summed E-state index contributed by atoms with van der Waals surface area (Å²) in [6.07, 6.45) is 1.39. The number of thioether (sulfide) groups is 1. The second kappa shape index (κ2) is 10.4. The molecule has 1 aliphatic rings. The molecule has 4 rings (SSSR count). The van der Waals surface area contributed by atoms with Crippen molar-refractivity contribution in [1.82, 2.24) is 14.8 Å². The summed E-state index contributed by atoms with van der Waals surface area (Å²) in [5.74, 6) is 1.02. The number of nitrogens with zero attached hydrogens (tertiary/aromatic N) is 5. The fourth-order valence-corrected chi connectivity index (χ4v) is 4.77. The van der Waals surface area contributed by atoms with Crippen LogP contribution in [0.5, 0.6) is 0 Å². The van der Waals surface area contributed by atoms with Gasteiger partial charge in [0.05, 0.1) is 23.4 Å². The Balaban J connectivity index is 1.98. The van der Waals surface area contributed by atoms with E-state index < -0.39 is 11.0 Å². The lowest BCUT2D eigenvalue weighted by atomic mass is 9.99. The third-order valence-corrected chi connectivity index (χ3v) is 6.81. The number of methoxy groups -OCH3 is 1. The molecular formula is C23H22ClN5O4S. The van der Waals surface area contributed by atoms with Crippen LogP contribution in [-0.2, 0) is 9.53 Å². The van der Waals surface area contributed by atoms with Gasteiger partial charge in [-0.3, -0.25) is 24.5 Å². The molecule has 0 saturated carbocycles. The molecule has 1 aromatic heterocycles. The van der Waals surface area contributed by atoms with E-state index in [2.05, 4.69) is 17.1 Å². The van der Waals surface area contributed by atoms with Crippen LogP contribution >= 0.6 is 23.4 Å². The van der Waals surface area contributed by atoms with Crippen LogP contribution in [0.4, 0.5) is 5.69 Å². The molecule has 2 heterocycles. The highest BCUT2D eigenvalue weighted by Gasteiger charge is 2.31. The highest BCUT2D eigenvalue weighted by Crippen LogP contribution is 2.37. The van der Waals surface area contributed by atoms with Crippen molar-refractivity contribution < 1.29 is 14.5 Å². The first-order valence-corrected chi connectivity index (χ1v) is 12.1. The van der Waals surface area contributed by atoms with E-state index in [4.69, 9.17) is 21.3 Å². The van der Waals surface area contributed by atoms with E-state index in [0.717, 1.165) is 12.2 Å². The Morgan fingerprint density at radius 3 is 2.74 bits per heavy atom. The first-order valence-electron chi connectivity index (χ1n) is 10.7. The number of halogens is 1. The number of hydrogen-bond donors (Lipinski definition) is 0. The number of carbonyl (C=O) groups is 1. The molecule has 0 bridgehead atoms. The quantitative estimate of drug-likeness (QED) is 0.182. The van der Waals surface area contributed by atoms with Gasteiger partial charge in [-0.25, -0.2) is 0 Å². The lowest BCUT2D eigenvalue weighted by molar-refractivity contribution is -0.384. The van der Waals surface area contributed by atoms with Crippen LogP contribution in [0.15, 0.2) is 52.6 Å². The van der Waals surface area contributed by atoms with E-state index in [9.17, 15) is 14.9 Å². The van der Waals surface area contributed by atoms with Gasteiger partial charge in [0.2, 0.25) is 0 Å². The zero-order valence-corrected chi connectivity index (χ0v) is 20.2. The van der Waals surface area contributed by atoms with Gasteiger partial charge in [0.15, 0.2) is 11.0 Å². The molecular weight excluding hydrogens is 478 g/mol. The molecule has 0 aliphatic carbocycles. The number of nitro groups is 1. The van der Waals surface area contributed by atoms with Crippen molar-refractivity contribution >= 4 is 40.7 Å². The van der Waals surface area contributed by atoms with E-state index in [0.29, 0.717) is 45.0 Å². The maximum atomic E-state index is 11.9. The minimum Gasteiger partial charge on any atom is -0.469 e. The molecule has 3 aromatic rings. The number of aliphatic imine (C=N–C) groups is 1. The van der Waals surface area contributed by atoms with E-state index >= 15 is 0 Å². The van der Waals surface area contributed by atoms with E-state index in [1.807, 2.05) is 16.7 Å². The monoisotopic (exact) mass is 499 g/mol. The van der Waals surface area contributed by atoms with Gasteiger partial charge in [0.25, 0.3) is 5.69 Å². The van der Waals surface area contributed by atoms with Crippen LogP contribution in [0, 0.1) is 10.1 Å². The molecule has 0 saturated heterocycles. The molecule has 11 heteroatoms. The lowest BCUT2D eigenvalue weighted by Crippen LogP contribution is -2.09. The number of carbonyl (C=O) groups excluding carboxylic acids is 1. The molecule has 0 unspecified atom stereocenters. The number of esters is 1. The number of ether oxygens (including phenoxy) is 1. The second-order valence-corrected chi connectivity index (χ2v) is 9.04. The lowest BCUT2D eigenvalue weighted by Gasteiger charge is -2.14. The summed E-state index contributed by atoms with van der Waals surface area (Å²) >= 11 is 8.08. The SMILES string of the molecule is CCCSc1nnc2n1-c1ccc([N+](=O)[O-])cc1C(c1ccccc1Cl)=N[C@H]2CCC(=O)OC. The molecule has 176 valence electrons. The standard InChI is InChI=1S/C23H22ClN5O4S/c1-3-12-34-23-27-26-22-18(9-11-20(30)33-2)25-21(15-6-4-5-7-17(15)24)16-13-14(29(31)32)8-10-19(16)28(22)23/h4-8,10,13,18H,3,9,11-12H2,1-2H3/t18-/m0/s1. The topological polar surface area (TPSA) is 113 Å². The van der Waals surface area contributed by atoms with Crippen molar-refractivity contribution in [2.75, 3.05) is 12.9 Å². The third-order valence-electron chi connectivity index (χ3n) is 5.34. The normalized spacial score (nSPS) is 14.6. The molecule has 1 atom stereocenters. The van der Waals surface area contributed by atoms with Crippen molar-refractivity contribution in [2.45, 2.75) is 37.4 Å². The molecule has 0 spiro atoms. The first kappa shape index (κ1) is 23.9. The molecule has 0 radical (unpaired) electrons. The van der Waals surface area contributed by atoms with Gasteiger partial charge in [-0.1, -0.05) is 48.5 Å². The van der Waals surface area contributed by atoms with Crippen LogP contribution < -0.4 is 0 Å². The maximum absolute atomic E-state index is 11.9. The van der Waals surface area contributed by atoms with Crippen molar-refractivity contribution in [3.8, 4) is 5.69 Å². The van der Waals surface area contributed by atoms with Crippen LogP contribution in [0.25, 0.3) is 5.69 Å². The summed E-state index contributed by atoms with van der Waals surface area (Å²) in [5.41, 5.74) is 2.28. The Kier molecular flexibility index (Phi) is 7.28. The molecule has 2 aromatic carbocycles. The average Bonchev–Trinajstić information content (AvgIpc) is 3.20. The van der Waals surface area contributed by atoms with Crippen LogP contribution in [0.2, 0.25) is 5.02 Å². The van der Waals surface area contributed by atoms with Crippen LogP contribution in [0.1, 0.15) is 49.2 Å². The van der Waals surface area contributed by atoms with Crippen molar-refractivity contribution in [1.29, 1.82) is 0 Å². The van der Waals surface area contributed by atoms with Crippen LogP contribution in [-0.4, -0.2) is 44.2 Å². The van der Waals surface area contributed by atoms with Gasteiger partial charge < -0.3 is 4.74 Å². The minimum absolute atomic E-state index is 0.0658. The Morgan fingerprint density at radius 1 is 1.24 bits per heavy atom. The Bertz CT molecular complexity index is 1280. The molecule has 0 amide bonds. The van der Waals surface area contributed by atoms with Crippen molar-refractivity contribution in [3.63, 3.8) is 0 Å². The number of rotatable bonds is 8. The van der Waals surface area contributed by atoms with Gasteiger partial charge in [0, 0.05) is 40.5 Å². The summed E-state index contributed by atoms with van der Waals surface area (Å²) in [4.78, 5) is 28.1. The molecule has 0 N–H and O–H groups in total. The van der Waals surface area contributed by atoms with E-state index in [1.165, 1.54) is 19.2 Å². The first-order chi connectivity index (χ1) is 16.4. The van der Waals surface area contributed by atoms with E-state index in [1.54, 1.807) is 30.0 Å². The minimum atomic E-state index is -0.541. The molecule has 1 aliphatic heterocycles. The van der Waals surface area contributed by atoms with Gasteiger partial charge in [0.1, 0.15) is 6.04 Å². The van der Waals surface area contributed by atoms with Crippen molar-refractivity contribution in [3.05, 3.63) is 74.6 Å². The number of aromatic nitrogens is 3. The van der Waals surface area contributed by atoms with Gasteiger partial charge in [-0.2, -0.15) is 0 Å². The number of nitro benzene ring substituents is 1. The second-order valence-electron chi connectivity index (χ2n) is 7.57. The Morgan fingerprint density at radius 2 is 2.03 bits per heavy atom. The van der Waals surface area contributed by atoms with E-state index in [-0.39, 0.29) is 18.1 Å². The highest BCUT2D eigenvalue weighted by atomic mass is 35.5. The van der Waals surface area contributed by atoms with Gasteiger partial charge in [-0.05, 0) is 25.0 Å². The zero-order valence-electron chi connectivity index (χ0n) is 18.6. The summed E-state index contributed by atoms with van der Waals surface area (Å²) in [6.45, 7) is 2.07. The molecule has 9 nitrogen and oxygen atoms in total. The van der Waals surface area contributed by atoms with Crippen LogP contribution in [0.3, 0.4) is 0 Å². The smallest absolute Gasteiger partial charge is 0.305 e. The summed E-state index contributed by atoms with van der Waals surface area (Å²) < 4.78 is 6.71. The highest BCUT2D eigenvalue weighted by molar-refractivity contribution is 7.99. The number of fused-ring (bicyclic) bond motifs is 3. The molecule has 0 fully saturated rings. The summed E-state index contributed by atoms with van der Waals surface area (Å²) in [7, 11) is 1.34. The van der Waals surface area contributed by atoms with Gasteiger partial charge in [-0.15, -0.1) is 10.2 Å². The fraction of sp³-hybridized carbons (Fsp3) is 0.304. The Hall–Kier alpha value is -3.24. The molecule has 34 heavy (non-hydrogen) atoms. The summed E-state index contributed by atoms with van der Waals surface area (Å²) in [5, 5.41) is 21.5. The number of non-ortho nitro benzene ring substituents is 1. The van der Waals surface area contributed by atoms with Crippen molar-refractivity contribution in [2.24, 2.45) is 4.99 Å². The largest absolute Gasteiger partial charge is 0.469 e. The Labute approximate surface area is 205 Å². The number of benzene rings is 2. The zero-order chi connectivity index (χ0) is 24.2. The summed E-state index contributed by atoms with van der Waals surface area (Å²) in [6, 6.07) is 11.3. The third kappa shape index (κ3) is 4.69. The maximum Gasteiger partial charge on any atom is 0.305 e. The predicted molar refractivity (Wildman–Crippen MR) is 130 cm³/mol. The number of hydrogen-bond acceptors (Lipinski definition) is 8. The predicted octanol–water partition coefficient (Wildman–Crippen LogP) is 5.18. The van der Waals surface area contributed by atoms with Gasteiger partial charge >= 0.3 is 5.97 Å².